The number of thiazole rings is 1. The zero-order valence-electron chi connectivity index (χ0n) is 19.6. The number of fused-ring (bicyclic) bond motifs is 1. The molecule has 0 spiro atoms. The van der Waals surface area contributed by atoms with Gasteiger partial charge in [-0.25, -0.2) is 4.98 Å². The Morgan fingerprint density at radius 3 is 2.19 bits per heavy atom. The van der Waals surface area contributed by atoms with Crippen LogP contribution in [0.4, 0.5) is 5.13 Å². The molecule has 172 valence electrons. The average Bonchev–Trinajstić information content (AvgIpc) is 3.25. The molecule has 0 saturated heterocycles. The van der Waals surface area contributed by atoms with Crippen LogP contribution in [0.2, 0.25) is 0 Å². The molecule has 0 saturated carbocycles. The van der Waals surface area contributed by atoms with Crippen LogP contribution in [0, 0.1) is 6.92 Å². The minimum absolute atomic E-state index is 0.159. The Hall–Kier alpha value is -2.84. The quantitative estimate of drug-likeness (QED) is 0.443. The zero-order chi connectivity index (χ0) is 23.3. The van der Waals surface area contributed by atoms with E-state index in [0.29, 0.717) is 34.5 Å². The van der Waals surface area contributed by atoms with Crippen molar-refractivity contribution in [2.45, 2.75) is 20.8 Å². The molecule has 0 unspecified atom stereocenters. The lowest BCUT2D eigenvalue weighted by atomic mass is 10.1. The number of aromatic nitrogens is 1. The van der Waals surface area contributed by atoms with Gasteiger partial charge in [0.1, 0.15) is 0 Å². The fourth-order valence-corrected chi connectivity index (χ4v) is 4.68. The smallest absolute Gasteiger partial charge is 0.260 e. The molecule has 0 atom stereocenters. The van der Waals surface area contributed by atoms with Gasteiger partial charge in [0.25, 0.3) is 5.91 Å². The summed E-state index contributed by atoms with van der Waals surface area (Å²) >= 11 is 1.53. The summed E-state index contributed by atoms with van der Waals surface area (Å²) in [5, 5.41) is 0.681. The van der Waals surface area contributed by atoms with Crippen molar-refractivity contribution < 1.29 is 19.0 Å². The third-order valence-electron chi connectivity index (χ3n) is 5.53. The van der Waals surface area contributed by atoms with Gasteiger partial charge >= 0.3 is 0 Å². The van der Waals surface area contributed by atoms with E-state index in [1.807, 2.05) is 25.1 Å². The minimum Gasteiger partial charge on any atom is -0.493 e. The normalized spacial score (nSPS) is 11.1. The third kappa shape index (κ3) is 4.81. The first-order valence-electron chi connectivity index (χ1n) is 10.7. The van der Waals surface area contributed by atoms with Crippen molar-refractivity contribution in [3.8, 4) is 17.2 Å². The van der Waals surface area contributed by atoms with Crippen molar-refractivity contribution >= 4 is 32.6 Å². The molecule has 0 aliphatic heterocycles. The molecule has 1 aromatic heterocycles. The number of hydrogen-bond donors (Lipinski definition) is 0. The molecular weight excluding hydrogens is 426 g/mol. The lowest BCUT2D eigenvalue weighted by molar-refractivity contribution is 0.0983. The fraction of sp³-hybridized carbons (Fsp3) is 0.417. The van der Waals surface area contributed by atoms with Gasteiger partial charge in [-0.3, -0.25) is 9.69 Å². The molecule has 3 aromatic rings. The van der Waals surface area contributed by atoms with E-state index in [2.05, 4.69) is 18.7 Å². The van der Waals surface area contributed by atoms with Crippen molar-refractivity contribution in [1.29, 1.82) is 0 Å². The number of benzene rings is 2. The number of carbonyl (C=O) groups excluding carboxylic acids is 1. The average molecular weight is 458 g/mol. The molecule has 3 rings (SSSR count). The van der Waals surface area contributed by atoms with Gasteiger partial charge in [0.2, 0.25) is 5.75 Å². The van der Waals surface area contributed by atoms with Gasteiger partial charge in [-0.05, 0) is 43.8 Å². The number of para-hydroxylation sites is 1. The molecule has 0 N–H and O–H groups in total. The van der Waals surface area contributed by atoms with E-state index >= 15 is 0 Å². The van der Waals surface area contributed by atoms with Crippen molar-refractivity contribution in [1.82, 2.24) is 9.88 Å². The highest BCUT2D eigenvalue weighted by Gasteiger charge is 2.25. The number of carbonyl (C=O) groups is 1. The second-order valence-corrected chi connectivity index (χ2v) is 8.32. The topological polar surface area (TPSA) is 64.1 Å². The highest BCUT2D eigenvalue weighted by Crippen LogP contribution is 2.39. The Balaban J connectivity index is 2.06. The van der Waals surface area contributed by atoms with Gasteiger partial charge in [-0.2, -0.15) is 0 Å². The number of ether oxygens (including phenoxy) is 3. The fourth-order valence-electron chi connectivity index (χ4n) is 3.62. The lowest BCUT2D eigenvalue weighted by Crippen LogP contribution is -2.38. The predicted molar refractivity (Wildman–Crippen MR) is 130 cm³/mol. The maximum Gasteiger partial charge on any atom is 0.260 e. The maximum absolute atomic E-state index is 13.8. The van der Waals surface area contributed by atoms with E-state index in [9.17, 15) is 4.79 Å². The molecule has 0 radical (unpaired) electrons. The molecule has 0 aliphatic rings. The molecule has 7 nitrogen and oxygen atoms in total. The number of nitrogens with zero attached hydrogens (tertiary/aromatic N) is 3. The molecule has 2 aromatic carbocycles. The summed E-state index contributed by atoms with van der Waals surface area (Å²) in [6, 6.07) is 9.46. The maximum atomic E-state index is 13.8. The Kier molecular flexibility index (Phi) is 7.93. The molecule has 1 heterocycles. The van der Waals surface area contributed by atoms with Crippen LogP contribution in [0.15, 0.2) is 30.3 Å². The molecule has 8 heteroatoms. The van der Waals surface area contributed by atoms with E-state index in [-0.39, 0.29) is 5.91 Å². The first-order chi connectivity index (χ1) is 15.5. The van der Waals surface area contributed by atoms with E-state index in [4.69, 9.17) is 19.2 Å². The van der Waals surface area contributed by atoms with Crippen LogP contribution < -0.4 is 19.1 Å². The number of aryl methyl sites for hydroxylation is 1. The summed E-state index contributed by atoms with van der Waals surface area (Å²) < 4.78 is 17.4. The summed E-state index contributed by atoms with van der Waals surface area (Å²) in [5.41, 5.74) is 2.47. The molecule has 1 amide bonds. The van der Waals surface area contributed by atoms with Gasteiger partial charge in [0, 0.05) is 18.7 Å². The minimum atomic E-state index is -0.159. The van der Waals surface area contributed by atoms with Crippen molar-refractivity contribution in [3.63, 3.8) is 0 Å². The van der Waals surface area contributed by atoms with Gasteiger partial charge < -0.3 is 19.1 Å². The van der Waals surface area contributed by atoms with E-state index in [1.54, 1.807) is 38.4 Å². The Morgan fingerprint density at radius 2 is 1.66 bits per heavy atom. The van der Waals surface area contributed by atoms with E-state index < -0.39 is 0 Å². The van der Waals surface area contributed by atoms with Crippen LogP contribution in [0.3, 0.4) is 0 Å². The summed E-state index contributed by atoms with van der Waals surface area (Å²) in [7, 11) is 4.63. The van der Waals surface area contributed by atoms with Gasteiger partial charge in [0.15, 0.2) is 16.6 Å². The third-order valence-corrected chi connectivity index (χ3v) is 6.58. The molecule has 0 aliphatic carbocycles. The number of methoxy groups -OCH3 is 3. The number of amides is 1. The first-order valence-corrected chi connectivity index (χ1v) is 11.5. The van der Waals surface area contributed by atoms with Crippen molar-refractivity contribution in [3.05, 3.63) is 41.5 Å². The summed E-state index contributed by atoms with van der Waals surface area (Å²) in [4.78, 5) is 22.6. The standard InChI is InChI=1S/C24H31N3O4S/c1-7-26(8-2)12-13-27(24-25-21-16(3)10-9-11-20(21)32-24)23(28)17-14-18(29-4)22(31-6)19(15-17)30-5/h9-11,14-15H,7-8,12-13H2,1-6H3. The SMILES string of the molecule is CCN(CC)CCN(C(=O)c1cc(OC)c(OC)c(OC)c1)c1nc2c(C)cccc2s1. The highest BCUT2D eigenvalue weighted by atomic mass is 32.1. The highest BCUT2D eigenvalue weighted by molar-refractivity contribution is 7.22. The van der Waals surface area contributed by atoms with Gasteiger partial charge in [0.05, 0.1) is 31.5 Å². The van der Waals surface area contributed by atoms with E-state index in [0.717, 1.165) is 35.4 Å². The van der Waals surface area contributed by atoms with Crippen molar-refractivity contribution in [2.24, 2.45) is 0 Å². The first kappa shape index (κ1) is 23.8. The summed E-state index contributed by atoms with van der Waals surface area (Å²) in [6.07, 6.45) is 0. The van der Waals surface area contributed by atoms with Gasteiger partial charge in [-0.15, -0.1) is 0 Å². The number of anilines is 1. The molecular formula is C24H31N3O4S. The number of rotatable bonds is 10. The Morgan fingerprint density at radius 1 is 1.00 bits per heavy atom. The number of hydrogen-bond acceptors (Lipinski definition) is 7. The molecule has 0 bridgehead atoms. The van der Waals surface area contributed by atoms with E-state index in [1.165, 1.54) is 11.3 Å². The Bertz CT molecular complexity index is 1050. The molecule has 0 fully saturated rings. The van der Waals surface area contributed by atoms with Crippen LogP contribution in [-0.2, 0) is 0 Å². The van der Waals surface area contributed by atoms with Crippen LogP contribution in [0.5, 0.6) is 17.2 Å². The monoisotopic (exact) mass is 457 g/mol. The summed E-state index contributed by atoms with van der Waals surface area (Å²) in [6.45, 7) is 9.39. The number of likely N-dealkylation sites (N-methyl/N-ethyl adjacent to an activating group) is 1. The second kappa shape index (κ2) is 10.7. The predicted octanol–water partition coefficient (Wildman–Crippen LogP) is 4.62. The van der Waals surface area contributed by atoms with Crippen LogP contribution in [-0.4, -0.2) is 63.3 Å². The summed E-state index contributed by atoms with van der Waals surface area (Å²) in [5.74, 6) is 1.18. The van der Waals surface area contributed by atoms with Crippen molar-refractivity contribution in [2.75, 3.05) is 52.4 Å². The Labute approximate surface area is 193 Å². The van der Waals surface area contributed by atoms with Crippen LogP contribution >= 0.6 is 11.3 Å². The van der Waals surface area contributed by atoms with Crippen LogP contribution in [0.25, 0.3) is 10.2 Å². The van der Waals surface area contributed by atoms with Crippen LogP contribution in [0.1, 0.15) is 29.8 Å². The molecule has 32 heavy (non-hydrogen) atoms. The van der Waals surface area contributed by atoms with Gasteiger partial charge in [-0.1, -0.05) is 37.3 Å². The zero-order valence-corrected chi connectivity index (χ0v) is 20.4. The lowest BCUT2D eigenvalue weighted by Gasteiger charge is -2.25. The largest absolute Gasteiger partial charge is 0.493 e. The second-order valence-electron chi connectivity index (χ2n) is 7.32.